The van der Waals surface area contributed by atoms with Gasteiger partial charge in [-0.1, -0.05) is 12.8 Å². The molecule has 0 radical (unpaired) electrons. The molecular formula is C11H20N4O2S. The highest BCUT2D eigenvalue weighted by Crippen LogP contribution is 2.19. The molecular weight excluding hydrogens is 252 g/mol. The van der Waals surface area contributed by atoms with E-state index in [0.29, 0.717) is 18.9 Å². The fourth-order valence-corrected chi connectivity index (χ4v) is 3.36. The second-order valence-electron chi connectivity index (χ2n) is 4.74. The summed E-state index contributed by atoms with van der Waals surface area (Å²) >= 11 is 0. The number of anilines is 1. The van der Waals surface area contributed by atoms with Crippen molar-refractivity contribution in [3.05, 3.63) is 11.3 Å². The number of nitrogens with one attached hydrogen (secondary N) is 2. The Hall–Kier alpha value is -1.08. The van der Waals surface area contributed by atoms with Gasteiger partial charge in [0, 0.05) is 24.3 Å². The normalized spacial score (nSPS) is 18.6. The van der Waals surface area contributed by atoms with Crippen LogP contribution in [0.5, 0.6) is 0 Å². The van der Waals surface area contributed by atoms with Gasteiger partial charge in [0.15, 0.2) is 5.82 Å². The van der Waals surface area contributed by atoms with Crippen LogP contribution in [0.3, 0.4) is 0 Å². The molecule has 7 heteroatoms. The van der Waals surface area contributed by atoms with E-state index in [4.69, 9.17) is 0 Å². The van der Waals surface area contributed by atoms with E-state index in [1.165, 1.54) is 4.31 Å². The van der Waals surface area contributed by atoms with Gasteiger partial charge in [0.2, 0.25) is 0 Å². The first-order valence-corrected chi connectivity index (χ1v) is 7.74. The summed E-state index contributed by atoms with van der Waals surface area (Å²) in [5.74, 6) is 0.400. The van der Waals surface area contributed by atoms with Gasteiger partial charge in [-0.3, -0.25) is 9.82 Å². The molecule has 102 valence electrons. The average molecular weight is 272 g/mol. The molecule has 1 aromatic heterocycles. The maximum absolute atomic E-state index is 12.2. The molecule has 2 N–H and O–H groups in total. The number of nitrogens with zero attached hydrogens (tertiary/aromatic N) is 2. The lowest BCUT2D eigenvalue weighted by molar-refractivity contribution is 0.427. The Labute approximate surface area is 108 Å². The van der Waals surface area contributed by atoms with Gasteiger partial charge in [-0.25, -0.2) is 0 Å². The van der Waals surface area contributed by atoms with Crippen molar-refractivity contribution in [2.45, 2.75) is 39.5 Å². The number of rotatable bonds is 3. The van der Waals surface area contributed by atoms with Gasteiger partial charge >= 0.3 is 10.2 Å². The van der Waals surface area contributed by atoms with Gasteiger partial charge in [0.25, 0.3) is 0 Å². The molecule has 1 aliphatic heterocycles. The van der Waals surface area contributed by atoms with Crippen molar-refractivity contribution in [1.82, 2.24) is 14.5 Å². The first-order chi connectivity index (χ1) is 8.50. The zero-order valence-electron chi connectivity index (χ0n) is 10.9. The maximum Gasteiger partial charge on any atom is 0.302 e. The van der Waals surface area contributed by atoms with Crippen LogP contribution in [0, 0.1) is 13.8 Å². The summed E-state index contributed by atoms with van der Waals surface area (Å²) in [6, 6.07) is 0. The molecule has 0 bridgehead atoms. The molecule has 0 spiro atoms. The van der Waals surface area contributed by atoms with Gasteiger partial charge < -0.3 is 0 Å². The number of aromatic nitrogens is 2. The third-order valence-electron chi connectivity index (χ3n) is 3.38. The molecule has 0 amide bonds. The second kappa shape index (κ2) is 5.27. The van der Waals surface area contributed by atoms with E-state index in [-0.39, 0.29) is 0 Å². The third-order valence-corrected chi connectivity index (χ3v) is 4.88. The van der Waals surface area contributed by atoms with Gasteiger partial charge in [-0.15, -0.1) is 0 Å². The smallest absolute Gasteiger partial charge is 0.280 e. The molecule has 1 aliphatic rings. The predicted molar refractivity (Wildman–Crippen MR) is 70.6 cm³/mol. The summed E-state index contributed by atoms with van der Waals surface area (Å²) in [4.78, 5) is 0. The van der Waals surface area contributed by atoms with Crippen molar-refractivity contribution in [2.75, 3.05) is 17.8 Å². The standard InChI is InChI=1S/C11H20N4O2S/c1-9-10(2)12-13-11(9)14-18(16,17)15-7-5-3-4-6-8-15/h3-8H2,1-2H3,(H2,12,13,14). The molecule has 6 nitrogen and oxygen atoms in total. The Morgan fingerprint density at radius 1 is 1.17 bits per heavy atom. The Balaban J connectivity index is 2.13. The second-order valence-corrected chi connectivity index (χ2v) is 6.41. The Morgan fingerprint density at radius 3 is 2.28 bits per heavy atom. The Kier molecular flexibility index (Phi) is 3.91. The molecule has 0 unspecified atom stereocenters. The monoisotopic (exact) mass is 272 g/mol. The quantitative estimate of drug-likeness (QED) is 0.876. The van der Waals surface area contributed by atoms with E-state index in [2.05, 4.69) is 14.9 Å². The van der Waals surface area contributed by atoms with Crippen LogP contribution in [0.4, 0.5) is 5.82 Å². The summed E-state index contributed by atoms with van der Waals surface area (Å²) in [6.45, 7) is 4.90. The number of H-pyrrole nitrogens is 1. The predicted octanol–water partition coefficient (Wildman–Crippen LogP) is 1.56. The Morgan fingerprint density at radius 2 is 1.78 bits per heavy atom. The highest BCUT2D eigenvalue weighted by molar-refractivity contribution is 7.90. The van der Waals surface area contributed by atoms with Crippen molar-refractivity contribution in [3.8, 4) is 0 Å². The zero-order chi connectivity index (χ0) is 13.2. The lowest BCUT2D eigenvalue weighted by atomic mass is 10.2. The average Bonchev–Trinajstić information content (AvgIpc) is 2.60. The largest absolute Gasteiger partial charge is 0.302 e. The minimum absolute atomic E-state index is 0.400. The number of hydrogen-bond donors (Lipinski definition) is 2. The topological polar surface area (TPSA) is 78.1 Å². The zero-order valence-corrected chi connectivity index (χ0v) is 11.7. The van der Waals surface area contributed by atoms with Crippen LogP contribution in [-0.2, 0) is 10.2 Å². The molecule has 2 rings (SSSR count). The highest BCUT2D eigenvalue weighted by atomic mass is 32.2. The molecule has 1 aromatic rings. The summed E-state index contributed by atoms with van der Waals surface area (Å²) in [5, 5.41) is 6.76. The fourth-order valence-electron chi connectivity index (χ4n) is 2.05. The first kappa shape index (κ1) is 13.4. The van der Waals surface area contributed by atoms with Crippen LogP contribution in [0.1, 0.15) is 36.9 Å². The van der Waals surface area contributed by atoms with Gasteiger partial charge in [0.1, 0.15) is 0 Å². The van der Waals surface area contributed by atoms with Crippen LogP contribution in [-0.4, -0.2) is 36.0 Å². The van der Waals surface area contributed by atoms with E-state index in [0.717, 1.165) is 36.9 Å². The summed E-state index contributed by atoms with van der Waals surface area (Å²) in [5.41, 5.74) is 1.72. The van der Waals surface area contributed by atoms with Crippen LogP contribution >= 0.6 is 0 Å². The lowest BCUT2D eigenvalue weighted by Gasteiger charge is -2.20. The van der Waals surface area contributed by atoms with Crippen molar-refractivity contribution < 1.29 is 8.42 Å². The molecule has 1 saturated heterocycles. The number of aryl methyl sites for hydroxylation is 1. The van der Waals surface area contributed by atoms with Gasteiger partial charge in [0.05, 0.1) is 0 Å². The summed E-state index contributed by atoms with van der Waals surface area (Å²) < 4.78 is 28.5. The van der Waals surface area contributed by atoms with Crippen molar-refractivity contribution >= 4 is 16.0 Å². The fraction of sp³-hybridized carbons (Fsp3) is 0.727. The molecule has 0 atom stereocenters. The number of hydrogen-bond acceptors (Lipinski definition) is 3. The minimum atomic E-state index is -3.47. The van der Waals surface area contributed by atoms with Gasteiger partial charge in [-0.05, 0) is 26.7 Å². The molecule has 2 heterocycles. The van der Waals surface area contributed by atoms with Crippen molar-refractivity contribution in [1.29, 1.82) is 0 Å². The lowest BCUT2D eigenvalue weighted by Crippen LogP contribution is -2.36. The minimum Gasteiger partial charge on any atom is -0.280 e. The summed E-state index contributed by atoms with van der Waals surface area (Å²) in [6.07, 6.45) is 4.07. The molecule has 18 heavy (non-hydrogen) atoms. The van der Waals surface area contributed by atoms with Gasteiger partial charge in [-0.2, -0.15) is 17.8 Å². The van der Waals surface area contributed by atoms with Crippen molar-refractivity contribution in [2.24, 2.45) is 0 Å². The van der Waals surface area contributed by atoms with Crippen LogP contribution < -0.4 is 4.72 Å². The van der Waals surface area contributed by atoms with E-state index < -0.39 is 10.2 Å². The van der Waals surface area contributed by atoms with Crippen molar-refractivity contribution in [3.63, 3.8) is 0 Å². The highest BCUT2D eigenvalue weighted by Gasteiger charge is 2.24. The Bertz CT molecular complexity index is 501. The molecule has 1 fully saturated rings. The number of aromatic amines is 1. The van der Waals surface area contributed by atoms with E-state index in [9.17, 15) is 8.42 Å². The first-order valence-electron chi connectivity index (χ1n) is 6.30. The molecule has 0 aromatic carbocycles. The molecule has 0 aliphatic carbocycles. The third kappa shape index (κ3) is 2.84. The van der Waals surface area contributed by atoms with Crippen LogP contribution in [0.2, 0.25) is 0 Å². The van der Waals surface area contributed by atoms with E-state index in [1.54, 1.807) is 0 Å². The van der Waals surface area contributed by atoms with E-state index >= 15 is 0 Å². The van der Waals surface area contributed by atoms with Crippen LogP contribution in [0.25, 0.3) is 0 Å². The van der Waals surface area contributed by atoms with Crippen LogP contribution in [0.15, 0.2) is 0 Å². The molecule has 0 saturated carbocycles. The SMILES string of the molecule is Cc1[nH]nc(NS(=O)(=O)N2CCCCCC2)c1C. The van der Waals surface area contributed by atoms with E-state index in [1.807, 2.05) is 13.8 Å². The summed E-state index contributed by atoms with van der Waals surface area (Å²) in [7, 11) is -3.47. The maximum atomic E-state index is 12.2.